The van der Waals surface area contributed by atoms with E-state index in [4.69, 9.17) is 20.9 Å². The number of carbonyl (C=O) groups is 3. The van der Waals surface area contributed by atoms with E-state index in [0.717, 1.165) is 43.6 Å². The molecule has 0 radical (unpaired) electrons. The monoisotopic (exact) mass is 551 g/mol. The van der Waals surface area contributed by atoms with Crippen LogP contribution in [-0.2, 0) is 4.79 Å². The molecule has 5 N–H and O–H groups in total. The van der Waals surface area contributed by atoms with Crippen molar-refractivity contribution < 1.29 is 23.9 Å². The molecule has 1 aliphatic carbocycles. The van der Waals surface area contributed by atoms with E-state index in [0.29, 0.717) is 29.4 Å². The molecule has 0 bridgehead atoms. The Kier molecular flexibility index (Phi) is 9.03. The van der Waals surface area contributed by atoms with Crippen molar-refractivity contribution in [2.75, 3.05) is 24.4 Å². The maximum absolute atomic E-state index is 14.2. The fraction of sp³-hybridized carbons (Fsp3) is 0.357. The van der Waals surface area contributed by atoms with E-state index < -0.39 is 17.9 Å². The van der Waals surface area contributed by atoms with Gasteiger partial charge in [-0.1, -0.05) is 31.4 Å². The van der Waals surface area contributed by atoms with Gasteiger partial charge in [-0.3, -0.25) is 19.3 Å². The van der Waals surface area contributed by atoms with Gasteiger partial charge in [0.2, 0.25) is 5.91 Å². The predicted molar refractivity (Wildman–Crippen MR) is 150 cm³/mol. The Balaban J connectivity index is 1.83. The number of hydrogen-bond acceptors (Lipinski definition) is 8. The SMILES string of the molecule is CCOc1ccc(N(C(=O)c2snc(C(N)=O)c2N)[C@@H](C(=O)NC2CCCCC2)c2ccc(OC)cc2)cc1. The molecule has 3 amide bonds. The van der Waals surface area contributed by atoms with Crippen molar-refractivity contribution in [1.29, 1.82) is 0 Å². The van der Waals surface area contributed by atoms with Gasteiger partial charge in [0.25, 0.3) is 11.8 Å². The van der Waals surface area contributed by atoms with Crippen molar-refractivity contribution in [1.82, 2.24) is 9.69 Å². The summed E-state index contributed by atoms with van der Waals surface area (Å²) in [6.45, 7) is 2.36. The van der Waals surface area contributed by atoms with Crippen LogP contribution in [0.2, 0.25) is 0 Å². The summed E-state index contributed by atoms with van der Waals surface area (Å²) in [5, 5.41) is 3.17. The molecule has 10 nitrogen and oxygen atoms in total. The molecule has 1 aliphatic rings. The van der Waals surface area contributed by atoms with E-state index in [2.05, 4.69) is 9.69 Å². The molecule has 1 fully saturated rings. The number of anilines is 2. The molecule has 11 heteroatoms. The first-order valence-corrected chi connectivity index (χ1v) is 13.7. The van der Waals surface area contributed by atoms with Crippen LogP contribution in [0, 0.1) is 0 Å². The fourth-order valence-electron chi connectivity index (χ4n) is 4.72. The third-order valence-corrected chi connectivity index (χ3v) is 7.54. The van der Waals surface area contributed by atoms with Crippen LogP contribution in [0.15, 0.2) is 48.5 Å². The lowest BCUT2D eigenvalue weighted by Crippen LogP contribution is -2.47. The Hall–Kier alpha value is -4.12. The van der Waals surface area contributed by atoms with Gasteiger partial charge in [0, 0.05) is 11.7 Å². The molecule has 1 aromatic heterocycles. The maximum atomic E-state index is 14.2. The topological polar surface area (TPSA) is 150 Å². The summed E-state index contributed by atoms with van der Waals surface area (Å²) in [7, 11) is 1.56. The molecule has 39 heavy (non-hydrogen) atoms. The summed E-state index contributed by atoms with van der Waals surface area (Å²) in [4.78, 5) is 41.4. The smallest absolute Gasteiger partial charge is 0.273 e. The van der Waals surface area contributed by atoms with Gasteiger partial charge in [0.05, 0.1) is 19.4 Å². The zero-order chi connectivity index (χ0) is 27.9. The quantitative estimate of drug-likeness (QED) is 0.344. The average molecular weight is 552 g/mol. The van der Waals surface area contributed by atoms with Gasteiger partial charge in [-0.05, 0) is 73.3 Å². The number of rotatable bonds is 10. The molecule has 0 aliphatic heterocycles. The first-order valence-electron chi connectivity index (χ1n) is 12.9. The lowest BCUT2D eigenvalue weighted by atomic mass is 9.94. The third-order valence-electron chi connectivity index (χ3n) is 6.69. The van der Waals surface area contributed by atoms with Crippen LogP contribution in [0.4, 0.5) is 11.4 Å². The summed E-state index contributed by atoms with van der Waals surface area (Å²) in [6.07, 6.45) is 4.96. The summed E-state index contributed by atoms with van der Waals surface area (Å²) in [5.74, 6) is -0.512. The van der Waals surface area contributed by atoms with E-state index in [9.17, 15) is 14.4 Å². The number of nitrogen functional groups attached to an aromatic ring is 1. The predicted octanol–water partition coefficient (Wildman–Crippen LogP) is 4.07. The zero-order valence-electron chi connectivity index (χ0n) is 22.0. The standard InChI is InChI=1S/C28H33N5O5S/c1-3-38-21-15-11-19(12-16-21)33(28(36)25-22(29)23(26(30)34)32-39-25)24(17-9-13-20(37-2)14-10-17)27(35)31-18-7-5-4-6-8-18/h9-16,18,24H,3-8,29H2,1-2H3,(H2,30,34)(H,31,35)/t24-/m1/s1. The van der Waals surface area contributed by atoms with Crippen LogP contribution in [-0.4, -0.2) is 41.9 Å². The Labute approximate surface area is 231 Å². The highest BCUT2D eigenvalue weighted by atomic mass is 32.1. The highest BCUT2D eigenvalue weighted by Crippen LogP contribution is 2.35. The molecule has 0 unspecified atom stereocenters. The molecule has 1 saturated carbocycles. The van der Waals surface area contributed by atoms with Gasteiger partial charge in [-0.2, -0.15) is 4.37 Å². The van der Waals surface area contributed by atoms with Crippen LogP contribution in [0.25, 0.3) is 0 Å². The minimum atomic E-state index is -1.05. The molecular formula is C28H33N5O5S. The number of amides is 3. The second-order valence-electron chi connectivity index (χ2n) is 9.26. The van der Waals surface area contributed by atoms with Gasteiger partial charge in [0.15, 0.2) is 5.69 Å². The number of carbonyl (C=O) groups excluding carboxylic acids is 3. The number of nitrogens with two attached hydrogens (primary N) is 2. The average Bonchev–Trinajstić information content (AvgIpc) is 3.34. The molecule has 4 rings (SSSR count). The van der Waals surface area contributed by atoms with Crippen LogP contribution in [0.5, 0.6) is 11.5 Å². The normalized spacial score (nSPS) is 14.3. The molecule has 1 atom stereocenters. The van der Waals surface area contributed by atoms with Crippen molar-refractivity contribution in [3.8, 4) is 11.5 Å². The van der Waals surface area contributed by atoms with E-state index in [-0.39, 0.29) is 28.2 Å². The molecule has 0 saturated heterocycles. The van der Waals surface area contributed by atoms with Crippen LogP contribution in [0.3, 0.4) is 0 Å². The van der Waals surface area contributed by atoms with Gasteiger partial charge in [-0.15, -0.1) is 0 Å². The number of hydrogen-bond donors (Lipinski definition) is 3. The number of benzene rings is 2. The first-order chi connectivity index (χ1) is 18.8. The van der Waals surface area contributed by atoms with Crippen molar-refractivity contribution in [3.05, 3.63) is 64.7 Å². The number of methoxy groups -OCH3 is 1. The van der Waals surface area contributed by atoms with Crippen LogP contribution in [0.1, 0.15) is 70.8 Å². The molecule has 2 aromatic carbocycles. The van der Waals surface area contributed by atoms with Crippen molar-refractivity contribution in [2.45, 2.75) is 51.1 Å². The summed E-state index contributed by atoms with van der Waals surface area (Å²) < 4.78 is 14.9. The Morgan fingerprint density at radius 2 is 1.69 bits per heavy atom. The molecule has 0 spiro atoms. The number of primary amides is 1. The van der Waals surface area contributed by atoms with Gasteiger partial charge in [-0.25, -0.2) is 0 Å². The lowest BCUT2D eigenvalue weighted by molar-refractivity contribution is -0.123. The fourth-order valence-corrected chi connectivity index (χ4v) is 5.47. The van der Waals surface area contributed by atoms with E-state index in [1.165, 1.54) is 4.90 Å². The second kappa shape index (κ2) is 12.6. The molecule has 206 valence electrons. The second-order valence-corrected chi connectivity index (χ2v) is 10.0. The number of ether oxygens (including phenoxy) is 2. The Morgan fingerprint density at radius 1 is 1.05 bits per heavy atom. The van der Waals surface area contributed by atoms with Gasteiger partial charge < -0.3 is 26.3 Å². The number of aromatic nitrogens is 1. The van der Waals surface area contributed by atoms with Crippen molar-refractivity contribution in [3.63, 3.8) is 0 Å². The van der Waals surface area contributed by atoms with E-state index in [1.54, 1.807) is 55.6 Å². The Morgan fingerprint density at radius 3 is 2.26 bits per heavy atom. The van der Waals surface area contributed by atoms with E-state index in [1.807, 2.05) is 6.92 Å². The van der Waals surface area contributed by atoms with E-state index >= 15 is 0 Å². The highest BCUT2D eigenvalue weighted by Gasteiger charge is 2.37. The largest absolute Gasteiger partial charge is 0.497 e. The summed E-state index contributed by atoms with van der Waals surface area (Å²) >= 11 is 0.769. The lowest BCUT2D eigenvalue weighted by Gasteiger charge is -2.33. The van der Waals surface area contributed by atoms with Crippen LogP contribution >= 0.6 is 11.5 Å². The third kappa shape index (κ3) is 6.31. The summed E-state index contributed by atoms with van der Waals surface area (Å²) in [6, 6.07) is 12.8. The van der Waals surface area contributed by atoms with Crippen molar-refractivity contribution >= 4 is 40.6 Å². The first kappa shape index (κ1) is 27.9. The molecule has 3 aromatic rings. The minimum absolute atomic E-state index is 0.0132. The summed E-state index contributed by atoms with van der Waals surface area (Å²) in [5.41, 5.74) is 12.3. The van der Waals surface area contributed by atoms with Gasteiger partial charge >= 0.3 is 0 Å². The number of nitrogens with zero attached hydrogens (tertiary/aromatic N) is 2. The maximum Gasteiger partial charge on any atom is 0.273 e. The number of nitrogens with one attached hydrogen (secondary N) is 1. The Bertz CT molecular complexity index is 1300. The van der Waals surface area contributed by atoms with Gasteiger partial charge in [0.1, 0.15) is 22.4 Å². The van der Waals surface area contributed by atoms with Crippen molar-refractivity contribution in [2.24, 2.45) is 5.73 Å². The van der Waals surface area contributed by atoms with Crippen LogP contribution < -0.4 is 31.2 Å². The highest BCUT2D eigenvalue weighted by molar-refractivity contribution is 7.09. The zero-order valence-corrected chi connectivity index (χ0v) is 22.8. The molecule has 1 heterocycles. The molecular weight excluding hydrogens is 518 g/mol. The minimum Gasteiger partial charge on any atom is -0.497 e.